The average molecular weight is 697 g/mol. The Hall–Kier alpha value is -2.10. The number of halogens is 4. The van der Waals surface area contributed by atoms with Crippen molar-refractivity contribution in [3.63, 3.8) is 0 Å². The zero-order chi connectivity index (χ0) is 29.9. The Kier molecular flexibility index (Phi) is 10.5. The highest BCUT2D eigenvalue weighted by atomic mass is 127. The summed E-state index contributed by atoms with van der Waals surface area (Å²) in [4.78, 5) is 27.1. The fourth-order valence-electron chi connectivity index (χ4n) is 6.45. The molecular weight excluding hydrogens is 660 g/mol. The van der Waals surface area contributed by atoms with Crippen LogP contribution in [-0.4, -0.2) is 83.3 Å². The lowest BCUT2D eigenvalue weighted by atomic mass is 9.84. The summed E-state index contributed by atoms with van der Waals surface area (Å²) < 4.78 is 53.5. The van der Waals surface area contributed by atoms with Crippen LogP contribution in [0.15, 0.2) is 23.8 Å². The zero-order valence-electron chi connectivity index (χ0n) is 22.7. The number of rotatable bonds is 11. The van der Waals surface area contributed by atoms with E-state index in [2.05, 4.69) is 5.32 Å². The maximum atomic E-state index is 13.8. The number of aliphatic hydroxyl groups excluding tert-OH is 3. The van der Waals surface area contributed by atoms with Crippen LogP contribution < -0.4 is 14.8 Å². The number of carbonyl (C=O) groups is 2. The summed E-state index contributed by atoms with van der Waals surface area (Å²) in [7, 11) is 1.38. The molecule has 4 N–H and O–H groups in total. The average Bonchev–Trinajstić information content (AvgIpc) is 3.55. The molecule has 9 nitrogen and oxygen atoms in total. The van der Waals surface area contributed by atoms with Crippen LogP contribution in [0.3, 0.4) is 0 Å². The first-order valence-corrected chi connectivity index (χ1v) is 14.8. The number of amides is 2. The molecule has 1 aromatic rings. The van der Waals surface area contributed by atoms with E-state index in [4.69, 9.17) is 14.6 Å². The van der Waals surface area contributed by atoms with Gasteiger partial charge in [-0.1, -0.05) is 6.42 Å². The molecule has 2 saturated carbocycles. The first-order chi connectivity index (χ1) is 19.4. The minimum atomic E-state index is -4.74. The topological polar surface area (TPSA) is 129 Å². The second-order valence-electron chi connectivity index (χ2n) is 11.1. The molecule has 0 radical (unpaired) electrons. The molecule has 0 saturated heterocycles. The Balaban J connectivity index is 1.66. The molecule has 3 aliphatic rings. The molecule has 0 heterocycles. The number of ether oxygens (including phenoxy) is 2. The highest BCUT2D eigenvalue weighted by Gasteiger charge is 2.47. The van der Waals surface area contributed by atoms with Gasteiger partial charge in [-0.2, -0.15) is 13.2 Å². The summed E-state index contributed by atoms with van der Waals surface area (Å²) in [5, 5.41) is 32.6. The minimum Gasteiger partial charge on any atom is -0.493 e. The Morgan fingerprint density at radius 3 is 2.54 bits per heavy atom. The summed E-state index contributed by atoms with van der Waals surface area (Å²) in [6.07, 6.45) is -2.83. The van der Waals surface area contributed by atoms with Gasteiger partial charge in [0.15, 0.2) is 11.5 Å². The molecule has 3 aliphatic carbocycles. The molecule has 0 spiro atoms. The van der Waals surface area contributed by atoms with E-state index in [9.17, 15) is 33.0 Å². The van der Waals surface area contributed by atoms with Gasteiger partial charge in [0.1, 0.15) is 18.8 Å². The van der Waals surface area contributed by atoms with Crippen molar-refractivity contribution in [2.45, 2.75) is 69.6 Å². The number of nitrogens with zero attached hydrogens (tertiary/aromatic N) is 1. The van der Waals surface area contributed by atoms with Crippen LogP contribution in [0.1, 0.15) is 44.1 Å². The monoisotopic (exact) mass is 696 g/mol. The zero-order valence-corrected chi connectivity index (χ0v) is 24.9. The van der Waals surface area contributed by atoms with E-state index >= 15 is 0 Å². The fourth-order valence-corrected chi connectivity index (χ4v) is 7.24. The Morgan fingerprint density at radius 1 is 1.20 bits per heavy atom. The molecule has 6 atom stereocenters. The van der Waals surface area contributed by atoms with E-state index in [1.54, 1.807) is 6.07 Å². The normalized spacial score (nSPS) is 27.4. The summed E-state index contributed by atoms with van der Waals surface area (Å²) >= 11 is 1.94. The Morgan fingerprint density at radius 2 is 1.95 bits per heavy atom. The van der Waals surface area contributed by atoms with Gasteiger partial charge in [0, 0.05) is 25.0 Å². The van der Waals surface area contributed by atoms with Gasteiger partial charge in [0.2, 0.25) is 11.8 Å². The number of alkyl halides is 3. The Bertz CT molecular complexity index is 1150. The van der Waals surface area contributed by atoms with Gasteiger partial charge in [-0.3, -0.25) is 9.59 Å². The molecule has 41 heavy (non-hydrogen) atoms. The number of nitrogens with one attached hydrogen (secondary N) is 1. The number of fused-ring (bicyclic) bond motifs is 2. The third kappa shape index (κ3) is 7.65. The van der Waals surface area contributed by atoms with E-state index in [1.165, 1.54) is 19.3 Å². The van der Waals surface area contributed by atoms with E-state index in [0.29, 0.717) is 25.9 Å². The van der Waals surface area contributed by atoms with Gasteiger partial charge in [0.05, 0.1) is 29.9 Å². The van der Waals surface area contributed by atoms with Crippen LogP contribution in [0, 0.1) is 21.3 Å². The molecule has 0 aromatic heterocycles. The smallest absolute Gasteiger partial charge is 0.406 e. The van der Waals surface area contributed by atoms with Gasteiger partial charge in [-0.15, -0.1) is 0 Å². The third-order valence-corrected chi connectivity index (χ3v) is 9.13. The van der Waals surface area contributed by atoms with Crippen LogP contribution in [0.25, 0.3) is 0 Å². The van der Waals surface area contributed by atoms with Gasteiger partial charge >= 0.3 is 6.18 Å². The maximum Gasteiger partial charge on any atom is 0.406 e. The lowest BCUT2D eigenvalue weighted by Gasteiger charge is -2.41. The molecule has 4 rings (SSSR count). The molecule has 2 amide bonds. The van der Waals surface area contributed by atoms with E-state index in [1.807, 2.05) is 22.6 Å². The van der Waals surface area contributed by atoms with Crippen LogP contribution in [0.5, 0.6) is 11.5 Å². The number of carbonyl (C=O) groups excluding carboxylic acids is 2. The number of hydrogen-bond donors (Lipinski definition) is 4. The molecule has 13 heteroatoms. The largest absolute Gasteiger partial charge is 0.493 e. The standard InChI is InChI=1S/C28H36F3IN2O7/c1-40-23-9-16(13-36)8-20(32)26(23)41-22-11-19(27(39)33-4-5-35)10-21(25(22)38)34(14-28(29,30)31)24(37)12-18-7-15-2-3-17(18)6-15/h8-9,11,15,17-18,21-22,25,35-36,38H,2-7,10,12-14H2,1H3,(H,33,39). The third-order valence-electron chi connectivity index (χ3n) is 8.33. The first-order valence-electron chi connectivity index (χ1n) is 13.7. The Labute approximate surface area is 250 Å². The van der Waals surface area contributed by atoms with Crippen LogP contribution in [-0.2, 0) is 16.2 Å². The van der Waals surface area contributed by atoms with Crippen molar-refractivity contribution in [1.29, 1.82) is 0 Å². The predicted octanol–water partition coefficient (Wildman–Crippen LogP) is 2.92. The number of hydrogen-bond acceptors (Lipinski definition) is 7. The summed E-state index contributed by atoms with van der Waals surface area (Å²) in [5.41, 5.74) is 0.558. The molecule has 2 fully saturated rings. The lowest BCUT2D eigenvalue weighted by molar-refractivity contribution is -0.173. The SMILES string of the molecule is COc1cc(CO)cc(I)c1OC1C=C(C(=O)NCCO)CC(N(CC(F)(F)F)C(=O)CC2CC3CCC2C3)C1O. The van der Waals surface area contributed by atoms with Crippen molar-refractivity contribution in [3.8, 4) is 11.5 Å². The molecule has 6 unspecified atom stereocenters. The van der Waals surface area contributed by atoms with Crippen molar-refractivity contribution in [2.75, 3.05) is 26.8 Å². The van der Waals surface area contributed by atoms with E-state index in [0.717, 1.165) is 25.7 Å². The summed E-state index contributed by atoms with van der Waals surface area (Å²) in [5.74, 6) is -0.143. The number of benzene rings is 1. The van der Waals surface area contributed by atoms with Gasteiger partial charge < -0.3 is 35.0 Å². The fraction of sp³-hybridized carbons (Fsp3) is 0.643. The molecule has 228 valence electrons. The second kappa shape index (κ2) is 13.5. The highest BCUT2D eigenvalue weighted by Crippen LogP contribution is 2.50. The molecule has 2 bridgehead atoms. The highest BCUT2D eigenvalue weighted by molar-refractivity contribution is 14.1. The van der Waals surface area contributed by atoms with E-state index < -0.39 is 42.8 Å². The molecular formula is C28H36F3IN2O7. The number of methoxy groups -OCH3 is 1. The van der Waals surface area contributed by atoms with Gasteiger partial charge in [-0.25, -0.2) is 0 Å². The second-order valence-corrected chi connectivity index (χ2v) is 12.2. The molecule has 0 aliphatic heterocycles. The van der Waals surface area contributed by atoms with Crippen molar-refractivity contribution in [2.24, 2.45) is 17.8 Å². The maximum absolute atomic E-state index is 13.8. The molecule has 1 aromatic carbocycles. The van der Waals surface area contributed by atoms with Crippen molar-refractivity contribution < 1.29 is 47.6 Å². The van der Waals surface area contributed by atoms with Crippen molar-refractivity contribution in [1.82, 2.24) is 10.2 Å². The predicted molar refractivity (Wildman–Crippen MR) is 150 cm³/mol. The van der Waals surface area contributed by atoms with Crippen molar-refractivity contribution in [3.05, 3.63) is 32.9 Å². The van der Waals surface area contributed by atoms with Gasteiger partial charge in [-0.05, 0) is 83.4 Å². The van der Waals surface area contributed by atoms with Crippen LogP contribution >= 0.6 is 22.6 Å². The quantitative estimate of drug-likeness (QED) is 0.262. The lowest BCUT2D eigenvalue weighted by Crippen LogP contribution is -2.57. The van der Waals surface area contributed by atoms with Crippen LogP contribution in [0.2, 0.25) is 0 Å². The summed E-state index contributed by atoms with van der Waals surface area (Å²) in [6.45, 7) is -2.27. The first kappa shape index (κ1) is 31.8. The number of aliphatic hydroxyl groups is 3. The van der Waals surface area contributed by atoms with Crippen LogP contribution in [0.4, 0.5) is 13.2 Å². The minimum absolute atomic E-state index is 0.00325. The van der Waals surface area contributed by atoms with Crippen molar-refractivity contribution >= 4 is 34.4 Å². The summed E-state index contributed by atoms with van der Waals surface area (Å²) in [6, 6.07) is 1.75. The van der Waals surface area contributed by atoms with E-state index in [-0.39, 0.29) is 55.6 Å². The van der Waals surface area contributed by atoms with Gasteiger partial charge in [0.25, 0.3) is 0 Å².